The van der Waals surface area contributed by atoms with Crippen LogP contribution in [0.1, 0.15) is 80.3 Å². The van der Waals surface area contributed by atoms with E-state index in [0.29, 0.717) is 35.9 Å². The molecule has 2 unspecified atom stereocenters. The summed E-state index contributed by atoms with van der Waals surface area (Å²) in [7, 11) is 0. The predicted octanol–water partition coefficient (Wildman–Crippen LogP) is 5.94. The molecule has 6 nitrogen and oxygen atoms in total. The van der Waals surface area contributed by atoms with Gasteiger partial charge in [-0.25, -0.2) is 0 Å². The van der Waals surface area contributed by atoms with Crippen molar-refractivity contribution >= 4 is 17.5 Å². The summed E-state index contributed by atoms with van der Waals surface area (Å²) < 4.78 is 10.9. The van der Waals surface area contributed by atoms with Crippen LogP contribution in [0.2, 0.25) is 0 Å². The van der Waals surface area contributed by atoms with Crippen LogP contribution in [0.3, 0.4) is 0 Å². The first-order valence-electron chi connectivity index (χ1n) is 13.8. The maximum atomic E-state index is 13.4. The lowest BCUT2D eigenvalue weighted by Crippen LogP contribution is -2.55. The van der Waals surface area contributed by atoms with Gasteiger partial charge in [0.25, 0.3) is 5.91 Å². The monoisotopic (exact) mass is 500 g/mol. The number of amides is 2. The van der Waals surface area contributed by atoms with E-state index in [0.717, 1.165) is 40.7 Å². The molecule has 0 spiro atoms. The SMILES string of the molecule is CC12CC3CC(C)(C1)CC(CC(=O)Nc1cccc4c1CCN(Cc1ccc5c(c1)OCO5)C4=O)(C3)C2. The van der Waals surface area contributed by atoms with Crippen molar-refractivity contribution in [3.63, 3.8) is 0 Å². The molecule has 194 valence electrons. The molecule has 8 rings (SSSR count). The van der Waals surface area contributed by atoms with Gasteiger partial charge < -0.3 is 19.7 Å². The fourth-order valence-electron chi connectivity index (χ4n) is 9.52. The Hall–Kier alpha value is -3.02. The van der Waals surface area contributed by atoms with Gasteiger partial charge in [0.2, 0.25) is 12.7 Å². The minimum absolute atomic E-state index is 0.0111. The molecule has 2 heterocycles. The summed E-state index contributed by atoms with van der Waals surface area (Å²) >= 11 is 0. The van der Waals surface area contributed by atoms with Crippen LogP contribution >= 0.6 is 0 Å². The third-order valence-corrected chi connectivity index (χ3v) is 9.69. The van der Waals surface area contributed by atoms with Crippen LogP contribution in [-0.2, 0) is 17.8 Å². The molecule has 1 N–H and O–H groups in total. The molecule has 2 aromatic carbocycles. The second kappa shape index (κ2) is 7.99. The first-order chi connectivity index (χ1) is 17.7. The summed E-state index contributed by atoms with van der Waals surface area (Å²) in [5.74, 6) is 2.37. The van der Waals surface area contributed by atoms with Crippen LogP contribution in [-0.4, -0.2) is 30.1 Å². The lowest BCUT2D eigenvalue weighted by Gasteiger charge is -2.65. The van der Waals surface area contributed by atoms with Crippen molar-refractivity contribution in [1.29, 1.82) is 0 Å². The van der Waals surface area contributed by atoms with E-state index < -0.39 is 0 Å². The van der Waals surface area contributed by atoms with Crippen molar-refractivity contribution in [3.05, 3.63) is 53.1 Å². The number of hydrogen-bond donors (Lipinski definition) is 1. The maximum Gasteiger partial charge on any atom is 0.254 e. The minimum atomic E-state index is 0.0111. The fraction of sp³-hybridized carbons (Fsp3) is 0.548. The summed E-state index contributed by atoms with van der Waals surface area (Å²) in [6.45, 7) is 6.29. The average molecular weight is 501 g/mol. The molecular formula is C31H36N2O4. The van der Waals surface area contributed by atoms with E-state index in [1.54, 1.807) is 0 Å². The Labute approximate surface area is 218 Å². The van der Waals surface area contributed by atoms with Gasteiger partial charge in [-0.15, -0.1) is 0 Å². The summed E-state index contributed by atoms with van der Waals surface area (Å²) in [5.41, 5.74) is 4.41. The number of carbonyl (C=O) groups excluding carboxylic acids is 2. The van der Waals surface area contributed by atoms with Gasteiger partial charge in [0, 0.05) is 30.8 Å². The number of nitrogens with zero attached hydrogens (tertiary/aromatic N) is 1. The Bertz CT molecular complexity index is 1280. The number of fused-ring (bicyclic) bond motifs is 2. The predicted molar refractivity (Wildman–Crippen MR) is 141 cm³/mol. The third kappa shape index (κ3) is 4.00. The number of hydrogen-bond acceptors (Lipinski definition) is 4. The standard InChI is InChI=1S/C31H36N2O4/c1-29-11-21-12-30(2,16-29)18-31(13-21,17-29)14-27(34)32-24-5-3-4-23-22(24)8-9-33(28(23)35)15-20-6-7-25-26(10-20)37-19-36-25/h3-7,10,21H,8-9,11-19H2,1-2H3,(H,32,34). The number of nitrogens with one attached hydrogen (secondary N) is 1. The van der Waals surface area contributed by atoms with E-state index in [2.05, 4.69) is 19.2 Å². The van der Waals surface area contributed by atoms with Crippen LogP contribution in [0, 0.1) is 22.2 Å². The Morgan fingerprint density at radius 1 is 1.03 bits per heavy atom. The summed E-state index contributed by atoms with van der Waals surface area (Å²) in [6, 6.07) is 11.6. The van der Waals surface area contributed by atoms with Crippen molar-refractivity contribution in [2.45, 2.75) is 71.8 Å². The molecule has 0 saturated heterocycles. The van der Waals surface area contributed by atoms with Gasteiger partial charge in [0.1, 0.15) is 0 Å². The Kier molecular flexibility index (Phi) is 4.99. The second-order valence-electron chi connectivity index (χ2n) is 13.4. The van der Waals surface area contributed by atoms with Crippen molar-refractivity contribution < 1.29 is 19.1 Å². The van der Waals surface area contributed by atoms with E-state index in [1.165, 1.54) is 38.5 Å². The molecule has 2 amide bonds. The van der Waals surface area contributed by atoms with Crippen LogP contribution < -0.4 is 14.8 Å². The molecule has 6 heteroatoms. The highest BCUT2D eigenvalue weighted by Gasteiger charge is 2.60. The lowest BCUT2D eigenvalue weighted by molar-refractivity contribution is -0.153. The Balaban J connectivity index is 1.06. The van der Waals surface area contributed by atoms with Crippen LogP contribution in [0.5, 0.6) is 11.5 Å². The lowest BCUT2D eigenvalue weighted by atomic mass is 9.40. The van der Waals surface area contributed by atoms with E-state index in [9.17, 15) is 9.59 Å². The summed E-state index contributed by atoms with van der Waals surface area (Å²) in [4.78, 5) is 28.7. The molecule has 2 aliphatic heterocycles. The molecular weight excluding hydrogens is 464 g/mol. The molecule has 6 aliphatic rings. The fourth-order valence-corrected chi connectivity index (χ4v) is 9.52. The minimum Gasteiger partial charge on any atom is -0.454 e. The second-order valence-corrected chi connectivity index (χ2v) is 13.4. The normalized spacial score (nSPS) is 33.0. The van der Waals surface area contributed by atoms with Crippen LogP contribution in [0.15, 0.2) is 36.4 Å². The average Bonchev–Trinajstić information content (AvgIpc) is 3.26. The Morgan fingerprint density at radius 2 is 1.81 bits per heavy atom. The first-order valence-corrected chi connectivity index (χ1v) is 13.8. The molecule has 0 radical (unpaired) electrons. The number of benzene rings is 2. The molecule has 4 aliphatic carbocycles. The van der Waals surface area contributed by atoms with Crippen LogP contribution in [0.25, 0.3) is 0 Å². The van der Waals surface area contributed by atoms with Gasteiger partial charge in [0.15, 0.2) is 11.5 Å². The number of rotatable bonds is 5. The summed E-state index contributed by atoms with van der Waals surface area (Å²) in [5, 5.41) is 3.24. The van der Waals surface area contributed by atoms with Gasteiger partial charge in [-0.3, -0.25) is 9.59 Å². The highest BCUT2D eigenvalue weighted by Crippen LogP contribution is 2.70. The highest BCUT2D eigenvalue weighted by molar-refractivity contribution is 6.00. The van der Waals surface area contributed by atoms with Crippen LogP contribution in [0.4, 0.5) is 5.69 Å². The van der Waals surface area contributed by atoms with Gasteiger partial charge in [0.05, 0.1) is 0 Å². The van der Waals surface area contributed by atoms with Crippen molar-refractivity contribution in [3.8, 4) is 11.5 Å². The van der Waals surface area contributed by atoms with E-state index >= 15 is 0 Å². The van der Waals surface area contributed by atoms with Gasteiger partial charge in [-0.2, -0.15) is 0 Å². The molecule has 4 saturated carbocycles. The van der Waals surface area contributed by atoms with E-state index in [-0.39, 0.29) is 24.0 Å². The number of carbonyl (C=O) groups is 2. The molecule has 4 bridgehead atoms. The van der Waals surface area contributed by atoms with Crippen molar-refractivity contribution in [2.24, 2.45) is 22.2 Å². The largest absolute Gasteiger partial charge is 0.454 e. The van der Waals surface area contributed by atoms with Crippen molar-refractivity contribution in [1.82, 2.24) is 4.90 Å². The molecule has 0 aromatic heterocycles. The molecule has 4 fully saturated rings. The zero-order chi connectivity index (χ0) is 25.4. The quantitative estimate of drug-likeness (QED) is 0.552. The van der Waals surface area contributed by atoms with Gasteiger partial charge >= 0.3 is 0 Å². The van der Waals surface area contributed by atoms with E-state index in [4.69, 9.17) is 9.47 Å². The van der Waals surface area contributed by atoms with Crippen molar-refractivity contribution in [2.75, 3.05) is 18.7 Å². The molecule has 37 heavy (non-hydrogen) atoms. The molecule has 2 aromatic rings. The highest BCUT2D eigenvalue weighted by atomic mass is 16.7. The summed E-state index contributed by atoms with van der Waals surface area (Å²) in [6.07, 6.45) is 8.88. The maximum absolute atomic E-state index is 13.4. The topological polar surface area (TPSA) is 67.9 Å². The smallest absolute Gasteiger partial charge is 0.254 e. The van der Waals surface area contributed by atoms with E-state index in [1.807, 2.05) is 41.3 Å². The third-order valence-electron chi connectivity index (χ3n) is 9.69. The number of anilines is 1. The van der Waals surface area contributed by atoms with Gasteiger partial charge in [-0.05, 0) is 103 Å². The Morgan fingerprint density at radius 3 is 2.59 bits per heavy atom. The van der Waals surface area contributed by atoms with Gasteiger partial charge in [-0.1, -0.05) is 26.0 Å². The molecule has 2 atom stereocenters. The zero-order valence-electron chi connectivity index (χ0n) is 21.9. The zero-order valence-corrected chi connectivity index (χ0v) is 21.9. The first kappa shape index (κ1) is 23.1. The number of ether oxygens (including phenoxy) is 2.